The molecule has 1 aliphatic heterocycles. The number of fused-ring (bicyclic) bond motifs is 1. The van der Waals surface area contributed by atoms with Crippen LogP contribution in [0.1, 0.15) is 44.8 Å². The minimum atomic E-state index is -0.474. The molecule has 1 unspecified atom stereocenters. The molecule has 0 bridgehead atoms. The van der Waals surface area contributed by atoms with Gasteiger partial charge in [0.2, 0.25) is 6.79 Å². The van der Waals surface area contributed by atoms with Crippen LogP contribution >= 0.6 is 0 Å². The average molecular weight is 280 g/mol. The number of benzene rings is 1. The number of aliphatic hydroxyl groups excluding tert-OH is 1. The highest BCUT2D eigenvalue weighted by atomic mass is 16.7. The molecule has 0 saturated heterocycles. The molecule has 1 aliphatic rings. The van der Waals surface area contributed by atoms with Gasteiger partial charge in [0.1, 0.15) is 0 Å². The summed E-state index contributed by atoms with van der Waals surface area (Å²) < 4.78 is 16.1. The van der Waals surface area contributed by atoms with Gasteiger partial charge in [-0.2, -0.15) is 0 Å². The van der Waals surface area contributed by atoms with E-state index in [4.69, 9.17) is 14.2 Å². The Morgan fingerprint density at radius 3 is 2.75 bits per heavy atom. The van der Waals surface area contributed by atoms with Crippen molar-refractivity contribution in [1.29, 1.82) is 0 Å². The molecule has 1 heterocycles. The van der Waals surface area contributed by atoms with Crippen LogP contribution < -0.4 is 9.47 Å². The van der Waals surface area contributed by atoms with E-state index in [-0.39, 0.29) is 6.79 Å². The first-order valence-electron chi connectivity index (χ1n) is 7.32. The van der Waals surface area contributed by atoms with Crippen LogP contribution in [0.2, 0.25) is 0 Å². The van der Waals surface area contributed by atoms with E-state index in [0.29, 0.717) is 18.9 Å². The first kappa shape index (κ1) is 15.1. The second-order valence-corrected chi connectivity index (χ2v) is 5.57. The van der Waals surface area contributed by atoms with Gasteiger partial charge in [0.25, 0.3) is 0 Å². The fourth-order valence-corrected chi connectivity index (χ4v) is 2.09. The Kier molecular flexibility index (Phi) is 5.68. The maximum Gasteiger partial charge on any atom is 0.231 e. The maximum atomic E-state index is 10.1. The summed E-state index contributed by atoms with van der Waals surface area (Å²) in [6.07, 6.45) is 2.16. The molecule has 0 aliphatic carbocycles. The van der Waals surface area contributed by atoms with E-state index in [9.17, 15) is 5.11 Å². The van der Waals surface area contributed by atoms with Crippen molar-refractivity contribution in [3.63, 3.8) is 0 Å². The minimum Gasteiger partial charge on any atom is -0.454 e. The molecule has 20 heavy (non-hydrogen) atoms. The van der Waals surface area contributed by atoms with Crippen molar-refractivity contribution < 1.29 is 19.3 Å². The van der Waals surface area contributed by atoms with Gasteiger partial charge in [-0.05, 0) is 42.9 Å². The summed E-state index contributed by atoms with van der Waals surface area (Å²) in [5, 5.41) is 10.1. The van der Waals surface area contributed by atoms with E-state index in [1.807, 2.05) is 18.2 Å². The van der Waals surface area contributed by atoms with Crippen molar-refractivity contribution in [3.8, 4) is 11.5 Å². The van der Waals surface area contributed by atoms with Gasteiger partial charge < -0.3 is 19.3 Å². The van der Waals surface area contributed by atoms with Crippen molar-refractivity contribution in [1.82, 2.24) is 0 Å². The molecule has 1 aromatic rings. The Hall–Kier alpha value is -1.26. The number of hydrogen-bond donors (Lipinski definition) is 1. The van der Waals surface area contributed by atoms with Gasteiger partial charge in [0.15, 0.2) is 11.5 Å². The molecule has 1 aromatic carbocycles. The van der Waals surface area contributed by atoms with Crippen molar-refractivity contribution in [2.45, 2.75) is 39.2 Å². The number of ether oxygens (including phenoxy) is 3. The van der Waals surface area contributed by atoms with Gasteiger partial charge in [-0.1, -0.05) is 19.9 Å². The van der Waals surface area contributed by atoms with Gasteiger partial charge in [-0.3, -0.25) is 0 Å². The molecule has 1 N–H and O–H groups in total. The van der Waals surface area contributed by atoms with Gasteiger partial charge in [0.05, 0.1) is 6.10 Å². The van der Waals surface area contributed by atoms with E-state index in [1.165, 1.54) is 0 Å². The first-order valence-corrected chi connectivity index (χ1v) is 7.32. The monoisotopic (exact) mass is 280 g/mol. The van der Waals surface area contributed by atoms with E-state index < -0.39 is 6.10 Å². The number of hydrogen-bond acceptors (Lipinski definition) is 4. The lowest BCUT2D eigenvalue weighted by Crippen LogP contribution is -2.03. The van der Waals surface area contributed by atoms with Crippen LogP contribution in [0.4, 0.5) is 0 Å². The summed E-state index contributed by atoms with van der Waals surface area (Å²) in [4.78, 5) is 0. The van der Waals surface area contributed by atoms with E-state index in [1.54, 1.807) is 0 Å². The number of aliphatic hydroxyl groups is 1. The largest absolute Gasteiger partial charge is 0.454 e. The lowest BCUT2D eigenvalue weighted by atomic mass is 10.0. The summed E-state index contributed by atoms with van der Waals surface area (Å²) in [7, 11) is 0. The average Bonchev–Trinajstić information content (AvgIpc) is 2.89. The summed E-state index contributed by atoms with van der Waals surface area (Å²) >= 11 is 0. The smallest absolute Gasteiger partial charge is 0.231 e. The van der Waals surface area contributed by atoms with Crippen LogP contribution in [-0.2, 0) is 4.74 Å². The Bertz CT molecular complexity index is 417. The summed E-state index contributed by atoms with van der Waals surface area (Å²) in [5.74, 6) is 2.14. The topological polar surface area (TPSA) is 47.9 Å². The molecule has 0 aromatic heterocycles. The predicted molar refractivity (Wildman–Crippen MR) is 77.0 cm³/mol. The molecular weight excluding hydrogens is 256 g/mol. The molecule has 0 radical (unpaired) electrons. The van der Waals surface area contributed by atoms with Crippen LogP contribution in [0.15, 0.2) is 18.2 Å². The lowest BCUT2D eigenvalue weighted by molar-refractivity contribution is 0.100. The molecule has 0 fully saturated rings. The summed E-state index contributed by atoms with van der Waals surface area (Å²) in [6.45, 7) is 6.14. The first-order chi connectivity index (χ1) is 9.66. The van der Waals surface area contributed by atoms with E-state index >= 15 is 0 Å². The van der Waals surface area contributed by atoms with Gasteiger partial charge in [-0.15, -0.1) is 0 Å². The molecular formula is C16H24O4. The van der Waals surface area contributed by atoms with Crippen LogP contribution in [0.5, 0.6) is 11.5 Å². The van der Waals surface area contributed by atoms with Gasteiger partial charge in [0, 0.05) is 13.2 Å². The van der Waals surface area contributed by atoms with E-state index in [0.717, 1.165) is 36.5 Å². The molecule has 1 atom stereocenters. The Labute approximate surface area is 120 Å². The normalized spacial score (nSPS) is 14.8. The fraction of sp³-hybridized carbons (Fsp3) is 0.625. The Morgan fingerprint density at radius 1 is 1.15 bits per heavy atom. The van der Waals surface area contributed by atoms with Crippen molar-refractivity contribution in [2.75, 3.05) is 20.0 Å². The SMILES string of the molecule is CC(C)CCOCCCC(O)c1ccc2c(c1)OCO2. The molecule has 0 spiro atoms. The van der Waals surface area contributed by atoms with Crippen molar-refractivity contribution in [2.24, 2.45) is 5.92 Å². The Balaban J connectivity index is 1.68. The fourth-order valence-electron chi connectivity index (χ4n) is 2.09. The van der Waals surface area contributed by atoms with Crippen LogP contribution in [0, 0.1) is 5.92 Å². The zero-order valence-corrected chi connectivity index (χ0v) is 12.3. The third-order valence-corrected chi connectivity index (χ3v) is 3.39. The third kappa shape index (κ3) is 4.39. The second kappa shape index (κ2) is 7.50. The maximum absolute atomic E-state index is 10.1. The predicted octanol–water partition coefficient (Wildman–Crippen LogP) is 3.29. The highest BCUT2D eigenvalue weighted by Crippen LogP contribution is 2.34. The van der Waals surface area contributed by atoms with E-state index in [2.05, 4.69) is 13.8 Å². The molecule has 112 valence electrons. The standard InChI is InChI=1S/C16H24O4/c1-12(2)7-9-18-8-3-4-14(17)13-5-6-15-16(10-13)20-11-19-15/h5-6,10,12,14,17H,3-4,7-9,11H2,1-2H3. The minimum absolute atomic E-state index is 0.262. The Morgan fingerprint density at radius 2 is 1.95 bits per heavy atom. The zero-order chi connectivity index (χ0) is 14.4. The highest BCUT2D eigenvalue weighted by molar-refractivity contribution is 5.45. The van der Waals surface area contributed by atoms with Crippen LogP contribution in [-0.4, -0.2) is 25.1 Å². The molecule has 0 amide bonds. The highest BCUT2D eigenvalue weighted by Gasteiger charge is 2.16. The number of rotatable bonds is 8. The zero-order valence-electron chi connectivity index (χ0n) is 12.3. The summed E-state index contributed by atoms with van der Waals surface area (Å²) in [6, 6.07) is 5.59. The quantitative estimate of drug-likeness (QED) is 0.742. The van der Waals surface area contributed by atoms with Gasteiger partial charge >= 0.3 is 0 Å². The molecule has 2 rings (SSSR count). The van der Waals surface area contributed by atoms with Crippen molar-refractivity contribution >= 4 is 0 Å². The second-order valence-electron chi connectivity index (χ2n) is 5.57. The van der Waals surface area contributed by atoms with Crippen LogP contribution in [0.25, 0.3) is 0 Å². The summed E-state index contributed by atoms with van der Waals surface area (Å²) in [5.41, 5.74) is 0.872. The molecule has 4 nitrogen and oxygen atoms in total. The van der Waals surface area contributed by atoms with Gasteiger partial charge in [-0.25, -0.2) is 0 Å². The molecule has 0 saturated carbocycles. The van der Waals surface area contributed by atoms with Crippen molar-refractivity contribution in [3.05, 3.63) is 23.8 Å². The lowest BCUT2D eigenvalue weighted by Gasteiger charge is -2.12. The third-order valence-electron chi connectivity index (χ3n) is 3.39. The molecule has 4 heteroatoms. The van der Waals surface area contributed by atoms with Crippen LogP contribution in [0.3, 0.4) is 0 Å².